The van der Waals surface area contributed by atoms with Gasteiger partial charge in [-0.15, -0.1) is 13.2 Å². The van der Waals surface area contributed by atoms with Crippen LogP contribution in [-0.2, 0) is 0 Å². The molecule has 4 nitrogen and oxygen atoms in total. The van der Waals surface area contributed by atoms with Crippen LogP contribution in [0.4, 0.5) is 13.2 Å². The summed E-state index contributed by atoms with van der Waals surface area (Å²) in [6.45, 7) is 0. The van der Waals surface area contributed by atoms with Crippen molar-refractivity contribution in [1.29, 1.82) is 0 Å². The number of hydrogen-bond donors (Lipinski definition) is 1. The molecule has 0 amide bonds. The van der Waals surface area contributed by atoms with Gasteiger partial charge in [-0.1, -0.05) is 12.1 Å². The molecule has 0 spiro atoms. The molecule has 1 aromatic carbocycles. The fourth-order valence-electron chi connectivity index (χ4n) is 1.88. The van der Waals surface area contributed by atoms with Gasteiger partial charge in [-0.2, -0.15) is 0 Å². The van der Waals surface area contributed by atoms with Crippen LogP contribution in [0.5, 0.6) is 5.75 Å². The second-order valence-electron chi connectivity index (χ2n) is 4.01. The van der Waals surface area contributed by atoms with Crippen LogP contribution in [0.2, 0.25) is 0 Å². The zero-order chi connectivity index (χ0) is 14.6. The lowest BCUT2D eigenvalue weighted by molar-refractivity contribution is -0.274. The van der Waals surface area contributed by atoms with Gasteiger partial charge in [0.2, 0.25) is 0 Å². The molecule has 1 atom stereocenters. The Balaban J connectivity index is 2.29. The SMILES string of the molecule is CNC(c1cncnc1)c1cccc(OC(F)(F)F)c1. The van der Waals surface area contributed by atoms with Crippen molar-refractivity contribution in [1.82, 2.24) is 15.3 Å². The third-order valence-corrected chi connectivity index (χ3v) is 2.63. The molecule has 1 unspecified atom stereocenters. The molecule has 1 aromatic heterocycles. The Hall–Kier alpha value is -2.15. The van der Waals surface area contributed by atoms with E-state index in [0.29, 0.717) is 5.56 Å². The van der Waals surface area contributed by atoms with Gasteiger partial charge in [0.25, 0.3) is 0 Å². The first kappa shape index (κ1) is 14.3. The second kappa shape index (κ2) is 5.87. The van der Waals surface area contributed by atoms with Crippen LogP contribution in [0, 0.1) is 0 Å². The smallest absolute Gasteiger partial charge is 0.406 e. The Labute approximate surface area is 113 Å². The van der Waals surface area contributed by atoms with Crippen molar-refractivity contribution in [3.05, 3.63) is 54.1 Å². The third-order valence-electron chi connectivity index (χ3n) is 2.63. The number of alkyl halides is 3. The van der Waals surface area contributed by atoms with E-state index in [1.807, 2.05) is 0 Å². The van der Waals surface area contributed by atoms with Crippen molar-refractivity contribution < 1.29 is 17.9 Å². The summed E-state index contributed by atoms with van der Waals surface area (Å²) < 4.78 is 40.6. The molecule has 0 radical (unpaired) electrons. The van der Waals surface area contributed by atoms with Crippen LogP contribution in [0.25, 0.3) is 0 Å². The number of ether oxygens (including phenoxy) is 1. The van der Waals surface area contributed by atoms with Crippen LogP contribution in [0.15, 0.2) is 43.0 Å². The number of rotatable bonds is 4. The summed E-state index contributed by atoms with van der Waals surface area (Å²) in [5.41, 5.74) is 1.38. The monoisotopic (exact) mass is 283 g/mol. The summed E-state index contributed by atoms with van der Waals surface area (Å²) in [6, 6.07) is 5.49. The lowest BCUT2D eigenvalue weighted by atomic mass is 10.0. The van der Waals surface area contributed by atoms with Crippen LogP contribution >= 0.6 is 0 Å². The molecule has 0 saturated carbocycles. The van der Waals surface area contributed by atoms with Crippen molar-refractivity contribution in [2.24, 2.45) is 0 Å². The number of benzene rings is 1. The van der Waals surface area contributed by atoms with E-state index in [0.717, 1.165) is 5.56 Å². The van der Waals surface area contributed by atoms with Gasteiger partial charge < -0.3 is 10.1 Å². The molecular formula is C13H12F3N3O. The normalized spacial score (nSPS) is 13.0. The molecule has 0 aliphatic rings. The van der Waals surface area contributed by atoms with Gasteiger partial charge in [-0.05, 0) is 24.7 Å². The Bertz CT molecular complexity index is 560. The molecule has 106 valence electrons. The van der Waals surface area contributed by atoms with Gasteiger partial charge in [-0.3, -0.25) is 0 Å². The van der Waals surface area contributed by atoms with Gasteiger partial charge in [0, 0.05) is 18.0 Å². The van der Waals surface area contributed by atoms with E-state index in [9.17, 15) is 13.2 Å². The fraction of sp³-hybridized carbons (Fsp3) is 0.231. The van der Waals surface area contributed by atoms with Crippen LogP contribution in [0.3, 0.4) is 0 Å². The van der Waals surface area contributed by atoms with Gasteiger partial charge in [0.05, 0.1) is 6.04 Å². The molecule has 2 aromatic rings. The van der Waals surface area contributed by atoms with Crippen molar-refractivity contribution in [3.8, 4) is 5.75 Å². The Morgan fingerprint density at radius 2 is 1.85 bits per heavy atom. The van der Waals surface area contributed by atoms with Crippen molar-refractivity contribution in [3.63, 3.8) is 0 Å². The number of nitrogens with one attached hydrogen (secondary N) is 1. The predicted octanol–water partition coefficient (Wildman–Crippen LogP) is 2.68. The lowest BCUT2D eigenvalue weighted by Crippen LogP contribution is -2.19. The largest absolute Gasteiger partial charge is 0.573 e. The minimum Gasteiger partial charge on any atom is -0.406 e. The average molecular weight is 283 g/mol. The maximum Gasteiger partial charge on any atom is 0.573 e. The lowest BCUT2D eigenvalue weighted by Gasteiger charge is -2.17. The van der Waals surface area contributed by atoms with Gasteiger partial charge >= 0.3 is 6.36 Å². The number of hydrogen-bond acceptors (Lipinski definition) is 4. The summed E-state index contributed by atoms with van der Waals surface area (Å²) in [5, 5.41) is 3.01. The molecule has 20 heavy (non-hydrogen) atoms. The Morgan fingerprint density at radius 3 is 2.45 bits per heavy atom. The standard InChI is InChI=1S/C13H12F3N3O/c1-17-12(10-6-18-8-19-7-10)9-3-2-4-11(5-9)20-13(14,15)16/h2-8,12,17H,1H3. The van der Waals surface area contributed by atoms with Crippen molar-refractivity contribution in [2.45, 2.75) is 12.4 Å². The minimum atomic E-state index is -4.70. The zero-order valence-corrected chi connectivity index (χ0v) is 10.6. The summed E-state index contributed by atoms with van der Waals surface area (Å²) >= 11 is 0. The van der Waals surface area contributed by atoms with Crippen LogP contribution < -0.4 is 10.1 Å². The second-order valence-corrected chi connectivity index (χ2v) is 4.01. The molecule has 7 heteroatoms. The van der Waals surface area contributed by atoms with Crippen LogP contribution in [-0.4, -0.2) is 23.4 Å². The van der Waals surface area contributed by atoms with E-state index >= 15 is 0 Å². The summed E-state index contributed by atoms with van der Waals surface area (Å²) in [7, 11) is 1.70. The number of aromatic nitrogens is 2. The molecule has 2 rings (SSSR count). The van der Waals surface area contributed by atoms with Crippen molar-refractivity contribution in [2.75, 3.05) is 7.05 Å². The fourth-order valence-corrected chi connectivity index (χ4v) is 1.88. The topological polar surface area (TPSA) is 47.0 Å². The molecule has 0 bridgehead atoms. The van der Waals surface area contributed by atoms with E-state index < -0.39 is 6.36 Å². The summed E-state index contributed by atoms with van der Waals surface area (Å²) in [6.07, 6.45) is -0.111. The van der Waals surface area contributed by atoms with E-state index in [1.165, 1.54) is 24.5 Å². The van der Waals surface area contributed by atoms with Crippen LogP contribution in [0.1, 0.15) is 17.2 Å². The maximum absolute atomic E-state index is 12.2. The highest BCUT2D eigenvalue weighted by Crippen LogP contribution is 2.27. The molecule has 0 saturated heterocycles. The highest BCUT2D eigenvalue weighted by Gasteiger charge is 2.31. The minimum absolute atomic E-state index is 0.257. The van der Waals surface area contributed by atoms with E-state index in [1.54, 1.807) is 25.5 Å². The highest BCUT2D eigenvalue weighted by molar-refractivity contribution is 5.35. The number of nitrogens with zero attached hydrogens (tertiary/aromatic N) is 2. The van der Waals surface area contributed by atoms with Crippen molar-refractivity contribution >= 4 is 0 Å². The van der Waals surface area contributed by atoms with Gasteiger partial charge in [0.1, 0.15) is 12.1 Å². The predicted molar refractivity (Wildman–Crippen MR) is 66.1 cm³/mol. The van der Waals surface area contributed by atoms with E-state index in [2.05, 4.69) is 20.0 Å². The first-order valence-electron chi connectivity index (χ1n) is 5.77. The quantitative estimate of drug-likeness (QED) is 0.937. The number of halogens is 3. The maximum atomic E-state index is 12.2. The zero-order valence-electron chi connectivity index (χ0n) is 10.6. The summed E-state index contributed by atoms with van der Waals surface area (Å²) in [4.78, 5) is 7.80. The Kier molecular flexibility index (Phi) is 4.19. The van der Waals surface area contributed by atoms with Gasteiger partial charge in [-0.25, -0.2) is 9.97 Å². The van der Waals surface area contributed by atoms with Gasteiger partial charge in [0.15, 0.2) is 0 Å². The highest BCUT2D eigenvalue weighted by atomic mass is 19.4. The Morgan fingerprint density at radius 1 is 1.15 bits per heavy atom. The first-order valence-corrected chi connectivity index (χ1v) is 5.77. The molecule has 0 fully saturated rings. The molecular weight excluding hydrogens is 271 g/mol. The molecule has 0 aliphatic heterocycles. The molecule has 1 heterocycles. The third kappa shape index (κ3) is 3.67. The van der Waals surface area contributed by atoms with E-state index in [-0.39, 0.29) is 11.8 Å². The summed E-state index contributed by atoms with van der Waals surface area (Å²) in [5.74, 6) is -0.257. The molecule has 1 N–H and O–H groups in total. The first-order chi connectivity index (χ1) is 9.49. The van der Waals surface area contributed by atoms with E-state index in [4.69, 9.17) is 0 Å². The average Bonchev–Trinajstić information content (AvgIpc) is 2.39. The molecule has 0 aliphatic carbocycles.